The van der Waals surface area contributed by atoms with Crippen molar-refractivity contribution in [1.82, 2.24) is 5.32 Å². The first kappa shape index (κ1) is 13.6. The van der Waals surface area contributed by atoms with Crippen LogP contribution in [0.3, 0.4) is 0 Å². The van der Waals surface area contributed by atoms with Gasteiger partial charge in [-0.15, -0.1) is 0 Å². The first-order valence-electron chi connectivity index (χ1n) is 6.40. The van der Waals surface area contributed by atoms with Crippen molar-refractivity contribution in [3.63, 3.8) is 0 Å². The topological polar surface area (TPSA) is 24.1 Å². The molecule has 1 unspecified atom stereocenters. The highest BCUT2D eigenvalue weighted by Crippen LogP contribution is 2.13. The Bertz CT molecular complexity index is 511. The highest BCUT2D eigenvalue weighted by atomic mass is 32.1. The molecule has 0 saturated carbocycles. The minimum atomic E-state index is 0.428. The molecule has 0 aliphatic rings. The highest BCUT2D eigenvalue weighted by Gasteiger charge is 2.05. The van der Waals surface area contributed by atoms with E-state index in [0.29, 0.717) is 11.0 Å². The van der Waals surface area contributed by atoms with Crippen molar-refractivity contribution in [2.45, 2.75) is 12.8 Å². The zero-order valence-electron chi connectivity index (χ0n) is 11.0. The molecule has 0 aliphatic carbocycles. The zero-order chi connectivity index (χ0) is 13.5. The molecule has 0 saturated heterocycles. The van der Waals surface area contributed by atoms with Crippen LogP contribution in [0.15, 0.2) is 60.7 Å². The molecular formula is C16H18N2S. The van der Waals surface area contributed by atoms with E-state index in [1.165, 1.54) is 5.56 Å². The Morgan fingerprint density at radius 3 is 2.21 bits per heavy atom. The van der Waals surface area contributed by atoms with Gasteiger partial charge in [0.15, 0.2) is 5.11 Å². The van der Waals surface area contributed by atoms with Crippen LogP contribution >= 0.6 is 12.2 Å². The molecule has 98 valence electrons. The predicted octanol–water partition coefficient (Wildman–Crippen LogP) is 3.78. The summed E-state index contributed by atoms with van der Waals surface area (Å²) >= 11 is 5.28. The van der Waals surface area contributed by atoms with E-state index in [-0.39, 0.29) is 0 Å². The van der Waals surface area contributed by atoms with Crippen molar-refractivity contribution in [3.05, 3.63) is 66.2 Å². The van der Waals surface area contributed by atoms with Crippen LogP contribution in [0, 0.1) is 0 Å². The second-order valence-electron chi connectivity index (χ2n) is 4.51. The van der Waals surface area contributed by atoms with E-state index in [9.17, 15) is 0 Å². The van der Waals surface area contributed by atoms with Gasteiger partial charge in [0.25, 0.3) is 0 Å². The number of rotatable bonds is 4. The molecule has 0 bridgehead atoms. The Balaban J connectivity index is 1.81. The molecule has 0 fully saturated rings. The Kier molecular flexibility index (Phi) is 4.93. The Labute approximate surface area is 119 Å². The number of anilines is 1. The molecule has 3 heteroatoms. The number of hydrogen-bond acceptors (Lipinski definition) is 1. The van der Waals surface area contributed by atoms with Crippen LogP contribution in [-0.4, -0.2) is 11.7 Å². The van der Waals surface area contributed by atoms with Gasteiger partial charge in [0.2, 0.25) is 0 Å². The van der Waals surface area contributed by atoms with Crippen LogP contribution in [0.5, 0.6) is 0 Å². The first-order valence-corrected chi connectivity index (χ1v) is 6.81. The van der Waals surface area contributed by atoms with E-state index in [2.05, 4.69) is 41.8 Å². The Morgan fingerprint density at radius 1 is 1.00 bits per heavy atom. The Morgan fingerprint density at radius 2 is 1.58 bits per heavy atom. The number of para-hydroxylation sites is 1. The Hall–Kier alpha value is -1.87. The summed E-state index contributed by atoms with van der Waals surface area (Å²) in [5, 5.41) is 7.08. The molecule has 2 rings (SSSR count). The van der Waals surface area contributed by atoms with Crippen molar-refractivity contribution < 1.29 is 0 Å². The lowest BCUT2D eigenvalue weighted by molar-refractivity contribution is 0.723. The van der Waals surface area contributed by atoms with E-state index in [1.54, 1.807) is 0 Å². The molecule has 0 aromatic heterocycles. The molecule has 19 heavy (non-hydrogen) atoms. The van der Waals surface area contributed by atoms with Gasteiger partial charge in [-0.25, -0.2) is 0 Å². The monoisotopic (exact) mass is 270 g/mol. The standard InChI is InChI=1S/C16H18N2S/c1-13(14-8-4-2-5-9-14)12-17-16(19)18-15-10-6-3-7-11-15/h2-11,13H,12H2,1H3,(H2,17,18,19). The fourth-order valence-corrected chi connectivity index (χ4v) is 2.04. The smallest absolute Gasteiger partial charge is 0.170 e. The van der Waals surface area contributed by atoms with Crippen molar-refractivity contribution >= 4 is 23.0 Å². The summed E-state index contributed by atoms with van der Waals surface area (Å²) in [6.07, 6.45) is 0. The van der Waals surface area contributed by atoms with E-state index in [0.717, 1.165) is 12.2 Å². The minimum absolute atomic E-state index is 0.428. The third kappa shape index (κ3) is 4.38. The molecule has 2 N–H and O–H groups in total. The lowest BCUT2D eigenvalue weighted by atomic mass is 10.0. The summed E-state index contributed by atoms with van der Waals surface area (Å²) in [6, 6.07) is 20.4. The normalized spacial score (nSPS) is 11.6. The SMILES string of the molecule is CC(CNC(=S)Nc1ccccc1)c1ccccc1. The molecule has 1 atom stereocenters. The quantitative estimate of drug-likeness (QED) is 0.827. The summed E-state index contributed by atoms with van der Waals surface area (Å²) in [6.45, 7) is 3.01. The lowest BCUT2D eigenvalue weighted by Gasteiger charge is -2.15. The van der Waals surface area contributed by atoms with Gasteiger partial charge in [0, 0.05) is 12.2 Å². The maximum atomic E-state index is 5.28. The molecule has 0 aliphatic heterocycles. The van der Waals surface area contributed by atoms with Crippen LogP contribution < -0.4 is 10.6 Å². The largest absolute Gasteiger partial charge is 0.362 e. The summed E-state index contributed by atoms with van der Waals surface area (Å²) in [5.74, 6) is 0.428. The summed E-state index contributed by atoms with van der Waals surface area (Å²) in [5.41, 5.74) is 2.32. The summed E-state index contributed by atoms with van der Waals surface area (Å²) in [4.78, 5) is 0. The average molecular weight is 270 g/mol. The second kappa shape index (κ2) is 6.90. The van der Waals surface area contributed by atoms with Crippen LogP contribution in [0.4, 0.5) is 5.69 Å². The van der Waals surface area contributed by atoms with Crippen LogP contribution in [0.2, 0.25) is 0 Å². The van der Waals surface area contributed by atoms with Crippen molar-refractivity contribution in [1.29, 1.82) is 0 Å². The lowest BCUT2D eigenvalue weighted by Crippen LogP contribution is -2.31. The minimum Gasteiger partial charge on any atom is -0.362 e. The molecule has 2 aromatic carbocycles. The molecule has 2 nitrogen and oxygen atoms in total. The fraction of sp³-hybridized carbons (Fsp3) is 0.188. The molecule has 2 aromatic rings. The van der Waals surface area contributed by atoms with Gasteiger partial charge in [0.1, 0.15) is 0 Å². The van der Waals surface area contributed by atoms with Crippen molar-refractivity contribution in [2.75, 3.05) is 11.9 Å². The van der Waals surface area contributed by atoms with E-state index in [1.807, 2.05) is 36.4 Å². The zero-order valence-corrected chi connectivity index (χ0v) is 11.8. The van der Waals surface area contributed by atoms with E-state index < -0.39 is 0 Å². The van der Waals surface area contributed by atoms with Gasteiger partial charge in [-0.3, -0.25) is 0 Å². The first-order chi connectivity index (χ1) is 9.25. The molecule has 0 heterocycles. The van der Waals surface area contributed by atoms with Crippen LogP contribution in [0.1, 0.15) is 18.4 Å². The number of thiocarbonyl (C=S) groups is 1. The summed E-state index contributed by atoms with van der Waals surface area (Å²) < 4.78 is 0. The second-order valence-corrected chi connectivity index (χ2v) is 4.92. The fourth-order valence-electron chi connectivity index (χ4n) is 1.84. The maximum absolute atomic E-state index is 5.28. The van der Waals surface area contributed by atoms with Gasteiger partial charge in [-0.2, -0.15) is 0 Å². The maximum Gasteiger partial charge on any atom is 0.170 e. The van der Waals surface area contributed by atoms with Crippen LogP contribution in [0.25, 0.3) is 0 Å². The van der Waals surface area contributed by atoms with Gasteiger partial charge < -0.3 is 10.6 Å². The van der Waals surface area contributed by atoms with Gasteiger partial charge in [-0.1, -0.05) is 55.5 Å². The number of benzene rings is 2. The van der Waals surface area contributed by atoms with E-state index >= 15 is 0 Å². The molecule has 0 amide bonds. The third-order valence-corrected chi connectivity index (χ3v) is 3.22. The predicted molar refractivity (Wildman–Crippen MR) is 85.5 cm³/mol. The highest BCUT2D eigenvalue weighted by molar-refractivity contribution is 7.80. The van der Waals surface area contributed by atoms with Gasteiger partial charge >= 0.3 is 0 Å². The van der Waals surface area contributed by atoms with Crippen molar-refractivity contribution in [3.8, 4) is 0 Å². The third-order valence-electron chi connectivity index (χ3n) is 2.97. The van der Waals surface area contributed by atoms with E-state index in [4.69, 9.17) is 12.2 Å². The van der Waals surface area contributed by atoms with Crippen molar-refractivity contribution in [2.24, 2.45) is 0 Å². The molecule has 0 spiro atoms. The molecular weight excluding hydrogens is 252 g/mol. The number of nitrogens with one attached hydrogen (secondary N) is 2. The van der Waals surface area contributed by atoms with Gasteiger partial charge in [-0.05, 0) is 35.8 Å². The number of hydrogen-bond donors (Lipinski definition) is 2. The van der Waals surface area contributed by atoms with Gasteiger partial charge in [0.05, 0.1) is 0 Å². The van der Waals surface area contributed by atoms with Crippen LogP contribution in [-0.2, 0) is 0 Å². The summed E-state index contributed by atoms with van der Waals surface area (Å²) in [7, 11) is 0. The average Bonchev–Trinajstić information content (AvgIpc) is 2.47. The molecule has 0 radical (unpaired) electrons.